The number of anilines is 2. The largest absolute Gasteiger partial charge is 0.382 e. The number of carbonyl (C=O) groups excluding carboxylic acids is 2. The number of hydrogen-bond acceptors (Lipinski definition) is 7. The van der Waals surface area contributed by atoms with Crippen LogP contribution in [0.4, 0.5) is 11.5 Å². The van der Waals surface area contributed by atoms with Gasteiger partial charge in [0.2, 0.25) is 0 Å². The third-order valence-electron chi connectivity index (χ3n) is 4.59. The summed E-state index contributed by atoms with van der Waals surface area (Å²) in [6.45, 7) is 1.41. The third kappa shape index (κ3) is 6.22. The first-order chi connectivity index (χ1) is 14.8. The number of rotatable bonds is 7. The standard InChI is InChI=1S/C22H25N7O2.ClH/c1-28(2)11-12-29(3)22(31)16-8-6-15(7-9-16)18-14-25-20(23)19(27-18)21(30)26-17-5-4-10-24-13-17;/h4-10,13-14H,11-12H2,1-3H3,(H2,23,25)(H,26,30);1H. The molecule has 3 aromatic rings. The summed E-state index contributed by atoms with van der Waals surface area (Å²) in [6.07, 6.45) is 4.63. The number of amides is 2. The molecule has 0 aliphatic heterocycles. The Balaban J connectivity index is 0.00000363. The summed E-state index contributed by atoms with van der Waals surface area (Å²) >= 11 is 0. The Morgan fingerprint density at radius 3 is 2.38 bits per heavy atom. The van der Waals surface area contributed by atoms with Crippen LogP contribution in [0.1, 0.15) is 20.8 Å². The van der Waals surface area contributed by atoms with Gasteiger partial charge in [0, 0.05) is 37.5 Å². The van der Waals surface area contributed by atoms with Gasteiger partial charge in [0.05, 0.1) is 23.8 Å². The van der Waals surface area contributed by atoms with Gasteiger partial charge in [-0.05, 0) is 38.4 Å². The maximum atomic E-state index is 12.6. The lowest BCUT2D eigenvalue weighted by molar-refractivity contribution is 0.0786. The molecule has 168 valence electrons. The lowest BCUT2D eigenvalue weighted by atomic mass is 10.1. The van der Waals surface area contributed by atoms with Crippen LogP contribution in [-0.4, -0.2) is 70.8 Å². The van der Waals surface area contributed by atoms with E-state index in [4.69, 9.17) is 5.73 Å². The first-order valence-corrected chi connectivity index (χ1v) is 9.69. The number of likely N-dealkylation sites (N-methyl/N-ethyl adjacent to an activating group) is 2. The highest BCUT2D eigenvalue weighted by molar-refractivity contribution is 6.05. The first kappa shape index (κ1) is 24.7. The van der Waals surface area contributed by atoms with E-state index >= 15 is 0 Å². The summed E-state index contributed by atoms with van der Waals surface area (Å²) in [5.41, 5.74) is 8.18. The number of halogens is 1. The van der Waals surface area contributed by atoms with Gasteiger partial charge in [-0.3, -0.25) is 14.6 Å². The van der Waals surface area contributed by atoms with Gasteiger partial charge in [0.25, 0.3) is 11.8 Å². The van der Waals surface area contributed by atoms with E-state index in [1.54, 1.807) is 54.5 Å². The summed E-state index contributed by atoms with van der Waals surface area (Å²) in [6, 6.07) is 10.4. The van der Waals surface area contributed by atoms with Gasteiger partial charge in [-0.2, -0.15) is 0 Å². The predicted molar refractivity (Wildman–Crippen MR) is 127 cm³/mol. The Hall–Kier alpha value is -3.56. The minimum absolute atomic E-state index is 0. The van der Waals surface area contributed by atoms with E-state index in [9.17, 15) is 9.59 Å². The van der Waals surface area contributed by atoms with Crippen LogP contribution in [0, 0.1) is 0 Å². The monoisotopic (exact) mass is 455 g/mol. The molecule has 0 fully saturated rings. The highest BCUT2D eigenvalue weighted by Crippen LogP contribution is 2.20. The lowest BCUT2D eigenvalue weighted by Crippen LogP contribution is -2.33. The molecule has 0 atom stereocenters. The molecule has 32 heavy (non-hydrogen) atoms. The van der Waals surface area contributed by atoms with Gasteiger partial charge < -0.3 is 20.9 Å². The van der Waals surface area contributed by atoms with Crippen molar-refractivity contribution in [1.29, 1.82) is 0 Å². The number of nitrogens with zero attached hydrogens (tertiary/aromatic N) is 5. The molecule has 3 N–H and O–H groups in total. The molecule has 0 aliphatic carbocycles. The van der Waals surface area contributed by atoms with Crippen molar-refractivity contribution >= 4 is 35.7 Å². The number of nitrogens with two attached hydrogens (primary N) is 1. The van der Waals surface area contributed by atoms with Gasteiger partial charge in [0.1, 0.15) is 0 Å². The smallest absolute Gasteiger partial charge is 0.278 e. The molecule has 3 rings (SSSR count). The molecule has 0 unspecified atom stereocenters. The van der Waals surface area contributed by atoms with Crippen molar-refractivity contribution in [3.05, 3.63) is 66.2 Å². The normalized spacial score (nSPS) is 10.4. The number of benzene rings is 1. The molecular weight excluding hydrogens is 430 g/mol. The van der Waals surface area contributed by atoms with Crippen molar-refractivity contribution < 1.29 is 9.59 Å². The lowest BCUT2D eigenvalue weighted by Gasteiger charge is -2.19. The van der Waals surface area contributed by atoms with Crippen molar-refractivity contribution in [2.45, 2.75) is 0 Å². The molecule has 9 nitrogen and oxygen atoms in total. The average molecular weight is 456 g/mol. The fraction of sp³-hybridized carbons (Fsp3) is 0.227. The number of nitrogen functional groups attached to an aromatic ring is 1. The first-order valence-electron chi connectivity index (χ1n) is 9.69. The topological polar surface area (TPSA) is 117 Å². The number of nitrogens with one attached hydrogen (secondary N) is 1. The molecule has 0 aliphatic rings. The molecule has 0 spiro atoms. The van der Waals surface area contributed by atoms with Gasteiger partial charge in [-0.15, -0.1) is 12.4 Å². The minimum Gasteiger partial charge on any atom is -0.382 e. The van der Waals surface area contributed by atoms with Crippen molar-refractivity contribution in [3.8, 4) is 11.3 Å². The highest BCUT2D eigenvalue weighted by atomic mass is 35.5. The fourth-order valence-electron chi connectivity index (χ4n) is 2.79. The summed E-state index contributed by atoms with van der Waals surface area (Å²) < 4.78 is 0. The van der Waals surface area contributed by atoms with Crippen LogP contribution in [0.2, 0.25) is 0 Å². The zero-order chi connectivity index (χ0) is 22.4. The second-order valence-corrected chi connectivity index (χ2v) is 7.29. The van der Waals surface area contributed by atoms with Crippen LogP contribution < -0.4 is 11.1 Å². The molecule has 1 aromatic carbocycles. The Bertz CT molecular complexity index is 1060. The minimum atomic E-state index is -0.478. The number of hydrogen-bond donors (Lipinski definition) is 2. The average Bonchev–Trinajstić information content (AvgIpc) is 2.78. The van der Waals surface area contributed by atoms with E-state index in [1.165, 1.54) is 12.4 Å². The predicted octanol–water partition coefficient (Wildman–Crippen LogP) is 2.43. The van der Waals surface area contributed by atoms with Crippen LogP contribution in [0.25, 0.3) is 11.3 Å². The second kappa shape index (κ2) is 11.2. The van der Waals surface area contributed by atoms with Gasteiger partial charge >= 0.3 is 0 Å². The highest BCUT2D eigenvalue weighted by Gasteiger charge is 2.16. The Labute approximate surface area is 193 Å². The molecule has 2 amide bonds. The quantitative estimate of drug-likeness (QED) is 0.561. The van der Waals surface area contributed by atoms with Crippen LogP contribution >= 0.6 is 12.4 Å². The van der Waals surface area contributed by atoms with E-state index in [1.807, 2.05) is 19.0 Å². The van der Waals surface area contributed by atoms with Gasteiger partial charge in [-0.1, -0.05) is 12.1 Å². The summed E-state index contributed by atoms with van der Waals surface area (Å²) in [5, 5.41) is 2.70. The summed E-state index contributed by atoms with van der Waals surface area (Å²) in [7, 11) is 5.70. The molecule has 0 saturated carbocycles. The van der Waals surface area contributed by atoms with E-state index in [2.05, 4.69) is 20.3 Å². The number of carbonyl (C=O) groups is 2. The van der Waals surface area contributed by atoms with Crippen LogP contribution in [-0.2, 0) is 0 Å². The molecule has 0 radical (unpaired) electrons. The number of aromatic nitrogens is 3. The van der Waals surface area contributed by atoms with Crippen LogP contribution in [0.15, 0.2) is 55.0 Å². The molecule has 10 heteroatoms. The van der Waals surface area contributed by atoms with Crippen LogP contribution in [0.3, 0.4) is 0 Å². The summed E-state index contributed by atoms with van der Waals surface area (Å²) in [4.78, 5) is 41.3. The molecule has 2 aromatic heterocycles. The SMILES string of the molecule is CN(C)CCN(C)C(=O)c1ccc(-c2cnc(N)c(C(=O)Nc3cccnc3)n2)cc1.Cl. The van der Waals surface area contributed by atoms with Crippen LogP contribution in [0.5, 0.6) is 0 Å². The molecule has 0 saturated heterocycles. The summed E-state index contributed by atoms with van der Waals surface area (Å²) in [5.74, 6) is -0.512. The fourth-order valence-corrected chi connectivity index (χ4v) is 2.79. The Morgan fingerprint density at radius 1 is 1.03 bits per heavy atom. The van der Waals surface area contributed by atoms with Crippen molar-refractivity contribution in [1.82, 2.24) is 24.8 Å². The van der Waals surface area contributed by atoms with E-state index in [0.717, 1.165) is 12.1 Å². The zero-order valence-corrected chi connectivity index (χ0v) is 19.0. The Morgan fingerprint density at radius 2 is 1.75 bits per heavy atom. The molecular formula is C22H26ClN7O2. The number of pyridine rings is 1. The maximum Gasteiger partial charge on any atom is 0.278 e. The van der Waals surface area contributed by atoms with Crippen molar-refractivity contribution in [3.63, 3.8) is 0 Å². The van der Waals surface area contributed by atoms with E-state index in [-0.39, 0.29) is 29.8 Å². The van der Waals surface area contributed by atoms with Crippen molar-refractivity contribution in [2.24, 2.45) is 0 Å². The van der Waals surface area contributed by atoms with Gasteiger partial charge in [-0.25, -0.2) is 9.97 Å². The molecule has 0 bridgehead atoms. The third-order valence-corrected chi connectivity index (χ3v) is 4.59. The van der Waals surface area contributed by atoms with Crippen molar-refractivity contribution in [2.75, 3.05) is 45.3 Å². The zero-order valence-electron chi connectivity index (χ0n) is 18.1. The van der Waals surface area contributed by atoms with E-state index in [0.29, 0.717) is 23.5 Å². The Kier molecular flexibility index (Phi) is 8.62. The van der Waals surface area contributed by atoms with Gasteiger partial charge in [0.15, 0.2) is 11.5 Å². The maximum absolute atomic E-state index is 12.6. The van der Waals surface area contributed by atoms with E-state index < -0.39 is 5.91 Å². The second-order valence-electron chi connectivity index (χ2n) is 7.29. The molecule has 2 heterocycles.